The van der Waals surface area contributed by atoms with Crippen LogP contribution in [0, 0.1) is 0 Å². The summed E-state index contributed by atoms with van der Waals surface area (Å²) in [4.78, 5) is 41.0. The van der Waals surface area contributed by atoms with Crippen molar-refractivity contribution >= 4 is 29.1 Å². The maximum atomic E-state index is 12.5. The Morgan fingerprint density at radius 3 is 2.71 bits per heavy atom. The van der Waals surface area contributed by atoms with Crippen LogP contribution in [0.2, 0.25) is 0 Å². The van der Waals surface area contributed by atoms with E-state index in [4.69, 9.17) is 0 Å². The van der Waals surface area contributed by atoms with Crippen LogP contribution < -0.4 is 5.32 Å². The molecule has 3 rings (SSSR count). The molecule has 1 N–H and O–H groups in total. The monoisotopic (exact) mass is 349 g/mol. The van der Waals surface area contributed by atoms with Crippen molar-refractivity contribution in [1.82, 2.24) is 15.1 Å². The van der Waals surface area contributed by atoms with Crippen molar-refractivity contribution in [1.29, 1.82) is 0 Å². The molecule has 7 heteroatoms. The number of nitrogens with zero attached hydrogens (tertiary/aromatic N) is 2. The third-order valence-electron chi connectivity index (χ3n) is 4.62. The second-order valence-corrected chi connectivity index (χ2v) is 7.33. The van der Waals surface area contributed by atoms with Crippen molar-refractivity contribution in [2.75, 3.05) is 26.2 Å². The van der Waals surface area contributed by atoms with Gasteiger partial charge in [-0.1, -0.05) is 6.07 Å². The maximum Gasteiger partial charge on any atom is 0.245 e. The zero-order valence-corrected chi connectivity index (χ0v) is 14.5. The van der Waals surface area contributed by atoms with Gasteiger partial charge in [-0.05, 0) is 30.7 Å². The van der Waals surface area contributed by atoms with E-state index in [9.17, 15) is 14.4 Å². The molecule has 1 unspecified atom stereocenters. The second-order valence-electron chi connectivity index (χ2n) is 6.30. The summed E-state index contributed by atoms with van der Waals surface area (Å²) in [7, 11) is 0. The quantitative estimate of drug-likeness (QED) is 0.882. The minimum Gasteiger partial charge on any atom is -0.344 e. The molecule has 0 bridgehead atoms. The SMILES string of the molecule is O=C1CCC(C(=O)N2CCCN(C(=O)CCc3cccs3)CC2)N1. The highest BCUT2D eigenvalue weighted by Crippen LogP contribution is 2.14. The highest BCUT2D eigenvalue weighted by atomic mass is 32.1. The molecule has 1 atom stereocenters. The van der Waals surface area contributed by atoms with E-state index in [0.717, 1.165) is 12.8 Å². The molecule has 0 spiro atoms. The highest BCUT2D eigenvalue weighted by Gasteiger charge is 2.31. The van der Waals surface area contributed by atoms with Gasteiger partial charge in [0.05, 0.1) is 0 Å². The Morgan fingerprint density at radius 1 is 1.21 bits per heavy atom. The predicted molar refractivity (Wildman–Crippen MR) is 91.6 cm³/mol. The molecule has 0 aliphatic carbocycles. The Morgan fingerprint density at radius 2 is 2.00 bits per heavy atom. The van der Waals surface area contributed by atoms with Gasteiger partial charge in [-0.25, -0.2) is 0 Å². The molecule has 3 amide bonds. The first-order valence-corrected chi connectivity index (χ1v) is 9.40. The van der Waals surface area contributed by atoms with Crippen LogP contribution in [0.5, 0.6) is 0 Å². The Kier molecular flexibility index (Phi) is 5.50. The second kappa shape index (κ2) is 7.79. The molecule has 2 fully saturated rings. The van der Waals surface area contributed by atoms with Crippen LogP contribution in [0.15, 0.2) is 17.5 Å². The molecule has 1 aromatic rings. The molecule has 24 heavy (non-hydrogen) atoms. The number of rotatable bonds is 4. The summed E-state index contributed by atoms with van der Waals surface area (Å²) in [5.41, 5.74) is 0. The van der Waals surface area contributed by atoms with E-state index in [1.165, 1.54) is 4.88 Å². The summed E-state index contributed by atoms with van der Waals surface area (Å²) < 4.78 is 0. The summed E-state index contributed by atoms with van der Waals surface area (Å²) in [6, 6.07) is 3.68. The van der Waals surface area contributed by atoms with Crippen LogP contribution in [-0.2, 0) is 20.8 Å². The normalized spacial score (nSPS) is 21.5. The van der Waals surface area contributed by atoms with Gasteiger partial charge in [-0.15, -0.1) is 11.3 Å². The molecule has 0 saturated carbocycles. The standard InChI is InChI=1S/C17H23N3O3S/c21-15-6-5-14(18-15)17(23)20-9-2-8-19(10-11-20)16(22)7-4-13-3-1-12-24-13/h1,3,12,14H,2,4-11H2,(H,18,21). The Hall–Kier alpha value is -1.89. The largest absolute Gasteiger partial charge is 0.344 e. The van der Waals surface area contributed by atoms with E-state index in [1.54, 1.807) is 16.2 Å². The average molecular weight is 349 g/mol. The molecule has 2 saturated heterocycles. The fraction of sp³-hybridized carbons (Fsp3) is 0.588. The first-order valence-electron chi connectivity index (χ1n) is 8.52. The molecule has 2 aliphatic heterocycles. The van der Waals surface area contributed by atoms with Gasteiger partial charge in [-0.3, -0.25) is 14.4 Å². The van der Waals surface area contributed by atoms with Crippen LogP contribution in [0.1, 0.15) is 30.6 Å². The molecule has 1 aromatic heterocycles. The van der Waals surface area contributed by atoms with Gasteiger partial charge in [0, 0.05) is 43.9 Å². The number of carbonyl (C=O) groups excluding carboxylic acids is 3. The lowest BCUT2D eigenvalue weighted by atomic mass is 10.2. The predicted octanol–water partition coefficient (Wildman–Crippen LogP) is 1.02. The molecule has 0 aromatic carbocycles. The van der Waals surface area contributed by atoms with Crippen LogP contribution in [0.3, 0.4) is 0 Å². The van der Waals surface area contributed by atoms with E-state index in [0.29, 0.717) is 45.4 Å². The first-order chi connectivity index (χ1) is 11.6. The maximum absolute atomic E-state index is 12.5. The van der Waals surface area contributed by atoms with Crippen molar-refractivity contribution in [3.8, 4) is 0 Å². The molecule has 6 nitrogen and oxygen atoms in total. The summed E-state index contributed by atoms with van der Waals surface area (Å²) in [6.45, 7) is 2.48. The minimum atomic E-state index is -0.376. The molecule has 3 heterocycles. The van der Waals surface area contributed by atoms with E-state index in [2.05, 4.69) is 11.4 Å². The lowest BCUT2D eigenvalue weighted by Gasteiger charge is -2.24. The molecule has 130 valence electrons. The van der Waals surface area contributed by atoms with Gasteiger partial charge in [0.1, 0.15) is 6.04 Å². The average Bonchev–Trinajstić information content (AvgIpc) is 3.18. The van der Waals surface area contributed by atoms with E-state index in [-0.39, 0.29) is 23.8 Å². The summed E-state index contributed by atoms with van der Waals surface area (Å²) >= 11 is 1.68. The molecule has 2 aliphatic rings. The van der Waals surface area contributed by atoms with Gasteiger partial charge in [-0.2, -0.15) is 0 Å². The number of nitrogens with one attached hydrogen (secondary N) is 1. The van der Waals surface area contributed by atoms with E-state index < -0.39 is 0 Å². The van der Waals surface area contributed by atoms with Crippen LogP contribution in [0.25, 0.3) is 0 Å². The van der Waals surface area contributed by atoms with Crippen LogP contribution >= 0.6 is 11.3 Å². The number of carbonyl (C=O) groups is 3. The van der Waals surface area contributed by atoms with Gasteiger partial charge < -0.3 is 15.1 Å². The minimum absolute atomic E-state index is 0.00580. The molecule has 0 radical (unpaired) electrons. The van der Waals surface area contributed by atoms with Gasteiger partial charge in [0.25, 0.3) is 0 Å². The van der Waals surface area contributed by atoms with Crippen LogP contribution in [-0.4, -0.2) is 59.7 Å². The van der Waals surface area contributed by atoms with Crippen molar-refractivity contribution in [3.63, 3.8) is 0 Å². The zero-order chi connectivity index (χ0) is 16.9. The molecular weight excluding hydrogens is 326 g/mol. The zero-order valence-electron chi connectivity index (χ0n) is 13.7. The topological polar surface area (TPSA) is 69.7 Å². The first kappa shape index (κ1) is 17.0. The lowest BCUT2D eigenvalue weighted by molar-refractivity contribution is -0.135. The fourth-order valence-electron chi connectivity index (χ4n) is 3.25. The number of thiophene rings is 1. The Balaban J connectivity index is 1.48. The number of aryl methyl sites for hydroxylation is 1. The van der Waals surface area contributed by atoms with E-state index in [1.807, 2.05) is 16.3 Å². The number of hydrogen-bond acceptors (Lipinski definition) is 4. The van der Waals surface area contributed by atoms with Crippen molar-refractivity contribution < 1.29 is 14.4 Å². The van der Waals surface area contributed by atoms with Gasteiger partial charge >= 0.3 is 0 Å². The van der Waals surface area contributed by atoms with Gasteiger partial charge in [0.2, 0.25) is 17.7 Å². The van der Waals surface area contributed by atoms with Gasteiger partial charge in [0.15, 0.2) is 0 Å². The number of amides is 3. The van der Waals surface area contributed by atoms with Crippen molar-refractivity contribution in [3.05, 3.63) is 22.4 Å². The molecular formula is C17H23N3O3S. The lowest BCUT2D eigenvalue weighted by Crippen LogP contribution is -2.46. The third kappa shape index (κ3) is 4.14. The fourth-order valence-corrected chi connectivity index (χ4v) is 3.96. The van der Waals surface area contributed by atoms with Crippen LogP contribution in [0.4, 0.5) is 0 Å². The Labute approximate surface area is 145 Å². The van der Waals surface area contributed by atoms with Crippen molar-refractivity contribution in [2.45, 2.75) is 38.1 Å². The smallest absolute Gasteiger partial charge is 0.245 e. The number of hydrogen-bond donors (Lipinski definition) is 1. The summed E-state index contributed by atoms with van der Waals surface area (Å²) in [5.74, 6) is 0.106. The van der Waals surface area contributed by atoms with E-state index >= 15 is 0 Å². The summed E-state index contributed by atoms with van der Waals surface area (Å²) in [6.07, 6.45) is 3.10. The summed E-state index contributed by atoms with van der Waals surface area (Å²) in [5, 5.41) is 4.76. The highest BCUT2D eigenvalue weighted by molar-refractivity contribution is 7.09. The Bertz CT molecular complexity index is 602. The third-order valence-corrected chi connectivity index (χ3v) is 5.56. The van der Waals surface area contributed by atoms with Crippen molar-refractivity contribution in [2.24, 2.45) is 0 Å².